The first-order valence-electron chi connectivity index (χ1n) is 7.35. The second kappa shape index (κ2) is 7.67. The molecule has 0 atom stereocenters. The first kappa shape index (κ1) is 16.8. The van der Waals surface area contributed by atoms with E-state index in [1.165, 1.54) is 11.8 Å². The van der Waals surface area contributed by atoms with Gasteiger partial charge < -0.3 is 9.26 Å². The van der Waals surface area contributed by atoms with E-state index in [1.54, 1.807) is 24.3 Å². The smallest absolute Gasteiger partial charge is 0.237 e. The highest BCUT2D eigenvalue weighted by molar-refractivity contribution is 7.98. The fourth-order valence-electron chi connectivity index (χ4n) is 1.78. The number of nitrogens with zero attached hydrogens (tertiary/aromatic N) is 4. The lowest BCUT2D eigenvalue weighted by Gasteiger charge is -2.02. The largest absolute Gasteiger partial charge is 0.486 e. The summed E-state index contributed by atoms with van der Waals surface area (Å²) in [5, 5.41) is 12.2. The van der Waals surface area contributed by atoms with E-state index >= 15 is 0 Å². The van der Waals surface area contributed by atoms with Crippen molar-refractivity contribution in [3.05, 3.63) is 46.8 Å². The van der Waals surface area contributed by atoms with Gasteiger partial charge in [-0.25, -0.2) is 4.98 Å². The highest BCUT2D eigenvalue weighted by atomic mass is 35.5. The molecule has 9 heteroatoms. The standard InChI is InChI=1S/C15H16ClN5O2S/c1-9(2)14-18-13(23-21-14)8-24-15-17-12(19-20-15)7-22-11-5-3-10(16)4-6-11/h3-6,9H,7-8H2,1-2H3,(H,17,19,20). The number of nitrogens with one attached hydrogen (secondary N) is 1. The molecular weight excluding hydrogens is 350 g/mol. The molecule has 0 saturated heterocycles. The van der Waals surface area contributed by atoms with Crippen LogP contribution in [0, 0.1) is 0 Å². The van der Waals surface area contributed by atoms with Crippen LogP contribution in [0.15, 0.2) is 33.9 Å². The summed E-state index contributed by atoms with van der Waals surface area (Å²) in [6, 6.07) is 7.15. The van der Waals surface area contributed by atoms with E-state index < -0.39 is 0 Å². The summed E-state index contributed by atoms with van der Waals surface area (Å²) in [5.41, 5.74) is 0. The molecule has 24 heavy (non-hydrogen) atoms. The van der Waals surface area contributed by atoms with Crippen molar-refractivity contribution in [1.29, 1.82) is 0 Å². The maximum atomic E-state index is 5.83. The number of benzene rings is 1. The van der Waals surface area contributed by atoms with Gasteiger partial charge in [0.2, 0.25) is 11.0 Å². The molecule has 2 aromatic heterocycles. The predicted molar refractivity (Wildman–Crippen MR) is 90.1 cm³/mol. The maximum absolute atomic E-state index is 5.83. The van der Waals surface area contributed by atoms with E-state index in [0.29, 0.717) is 40.1 Å². The third-order valence-corrected chi connectivity index (χ3v) is 4.11. The van der Waals surface area contributed by atoms with Gasteiger partial charge >= 0.3 is 0 Å². The van der Waals surface area contributed by atoms with Crippen molar-refractivity contribution in [2.24, 2.45) is 0 Å². The van der Waals surface area contributed by atoms with Gasteiger partial charge in [0.1, 0.15) is 12.4 Å². The molecule has 0 aliphatic carbocycles. The predicted octanol–water partition coefficient (Wildman–Crippen LogP) is 3.84. The zero-order valence-electron chi connectivity index (χ0n) is 13.2. The van der Waals surface area contributed by atoms with Gasteiger partial charge in [-0.2, -0.15) is 4.98 Å². The molecule has 2 heterocycles. The fourth-order valence-corrected chi connectivity index (χ4v) is 2.56. The summed E-state index contributed by atoms with van der Waals surface area (Å²) in [6.07, 6.45) is 0. The van der Waals surface area contributed by atoms with Crippen LogP contribution in [0.5, 0.6) is 5.75 Å². The molecule has 0 amide bonds. The minimum atomic E-state index is 0.243. The quantitative estimate of drug-likeness (QED) is 0.636. The van der Waals surface area contributed by atoms with Gasteiger partial charge in [-0.3, -0.25) is 5.10 Å². The second-order valence-corrected chi connectivity index (χ2v) is 6.68. The van der Waals surface area contributed by atoms with Gasteiger partial charge in [0.05, 0.1) is 5.75 Å². The molecule has 7 nitrogen and oxygen atoms in total. The molecule has 1 aromatic carbocycles. The molecule has 0 bridgehead atoms. The number of H-pyrrole nitrogens is 1. The normalized spacial score (nSPS) is 11.2. The molecule has 3 aromatic rings. The van der Waals surface area contributed by atoms with Gasteiger partial charge in [0.15, 0.2) is 11.6 Å². The summed E-state index contributed by atoms with van der Waals surface area (Å²) in [5.74, 6) is 3.39. The van der Waals surface area contributed by atoms with Gasteiger partial charge in [0, 0.05) is 10.9 Å². The SMILES string of the molecule is CC(C)c1noc(CSc2n[nH]c(COc3ccc(Cl)cc3)n2)n1. The minimum absolute atomic E-state index is 0.243. The third kappa shape index (κ3) is 4.48. The molecule has 0 fully saturated rings. The molecular formula is C15H16ClN5O2S. The number of aromatic nitrogens is 5. The first-order chi connectivity index (χ1) is 11.6. The van der Waals surface area contributed by atoms with Crippen LogP contribution in [0.25, 0.3) is 0 Å². The van der Waals surface area contributed by atoms with Crippen LogP contribution >= 0.6 is 23.4 Å². The molecule has 0 saturated carbocycles. The lowest BCUT2D eigenvalue weighted by molar-refractivity contribution is 0.296. The van der Waals surface area contributed by atoms with Crippen LogP contribution in [0.1, 0.15) is 37.3 Å². The number of aromatic amines is 1. The summed E-state index contributed by atoms with van der Waals surface area (Å²) < 4.78 is 10.8. The average molecular weight is 366 g/mol. The molecule has 0 unspecified atom stereocenters. The lowest BCUT2D eigenvalue weighted by Crippen LogP contribution is -1.97. The Balaban J connectivity index is 1.50. The van der Waals surface area contributed by atoms with Crippen molar-refractivity contribution < 1.29 is 9.26 Å². The first-order valence-corrected chi connectivity index (χ1v) is 8.71. The monoisotopic (exact) mass is 365 g/mol. The van der Waals surface area contributed by atoms with Gasteiger partial charge in [-0.05, 0) is 24.3 Å². The summed E-state index contributed by atoms with van der Waals surface area (Å²) in [4.78, 5) is 8.67. The molecule has 0 spiro atoms. The average Bonchev–Trinajstić information content (AvgIpc) is 3.22. The molecule has 0 aliphatic rings. The summed E-state index contributed by atoms with van der Waals surface area (Å²) in [6.45, 7) is 4.33. The Labute approximate surface area is 148 Å². The summed E-state index contributed by atoms with van der Waals surface area (Å²) in [7, 11) is 0. The van der Waals surface area contributed by atoms with Crippen LogP contribution in [-0.2, 0) is 12.4 Å². The van der Waals surface area contributed by atoms with E-state index in [2.05, 4.69) is 25.3 Å². The molecule has 0 radical (unpaired) electrons. The van der Waals surface area contributed by atoms with E-state index in [-0.39, 0.29) is 5.92 Å². The fraction of sp³-hybridized carbons (Fsp3) is 0.333. The van der Waals surface area contributed by atoms with Crippen LogP contribution < -0.4 is 4.74 Å². The van der Waals surface area contributed by atoms with Crippen molar-refractivity contribution in [3.63, 3.8) is 0 Å². The summed E-state index contributed by atoms with van der Waals surface area (Å²) >= 11 is 7.25. The van der Waals surface area contributed by atoms with E-state index in [0.717, 1.165) is 5.75 Å². The number of hydrogen-bond donors (Lipinski definition) is 1. The van der Waals surface area contributed by atoms with E-state index in [9.17, 15) is 0 Å². The Kier molecular flexibility index (Phi) is 5.37. The van der Waals surface area contributed by atoms with Gasteiger partial charge in [-0.1, -0.05) is 42.4 Å². The Bertz CT molecular complexity index is 787. The topological polar surface area (TPSA) is 89.7 Å². The zero-order valence-corrected chi connectivity index (χ0v) is 14.8. The maximum Gasteiger partial charge on any atom is 0.237 e. The van der Waals surface area contributed by atoms with E-state index in [4.69, 9.17) is 20.9 Å². The molecule has 0 aliphatic heterocycles. The Hall–Kier alpha value is -2.06. The molecule has 126 valence electrons. The zero-order chi connectivity index (χ0) is 16.9. The van der Waals surface area contributed by atoms with Crippen LogP contribution in [0.4, 0.5) is 0 Å². The van der Waals surface area contributed by atoms with Crippen LogP contribution in [-0.4, -0.2) is 25.3 Å². The number of rotatable bonds is 7. The van der Waals surface area contributed by atoms with E-state index in [1.807, 2.05) is 13.8 Å². The van der Waals surface area contributed by atoms with Gasteiger partial charge in [0.25, 0.3) is 0 Å². The number of hydrogen-bond acceptors (Lipinski definition) is 7. The Morgan fingerprint density at radius 2 is 2.04 bits per heavy atom. The van der Waals surface area contributed by atoms with Crippen molar-refractivity contribution in [1.82, 2.24) is 25.3 Å². The number of thioether (sulfide) groups is 1. The Morgan fingerprint density at radius 1 is 1.25 bits per heavy atom. The highest BCUT2D eigenvalue weighted by Crippen LogP contribution is 2.20. The molecule has 1 N–H and O–H groups in total. The third-order valence-electron chi connectivity index (χ3n) is 3.03. The number of ether oxygens (including phenoxy) is 1. The van der Waals surface area contributed by atoms with Crippen molar-refractivity contribution in [2.45, 2.75) is 37.3 Å². The second-order valence-electron chi connectivity index (χ2n) is 5.30. The van der Waals surface area contributed by atoms with Crippen molar-refractivity contribution in [3.8, 4) is 5.75 Å². The molecule has 3 rings (SSSR count). The highest BCUT2D eigenvalue weighted by Gasteiger charge is 2.11. The number of halogens is 1. The van der Waals surface area contributed by atoms with Gasteiger partial charge in [-0.15, -0.1) is 5.10 Å². The Morgan fingerprint density at radius 3 is 2.75 bits per heavy atom. The van der Waals surface area contributed by atoms with Crippen molar-refractivity contribution in [2.75, 3.05) is 0 Å². The lowest BCUT2D eigenvalue weighted by atomic mass is 10.2. The minimum Gasteiger partial charge on any atom is -0.486 e. The van der Waals surface area contributed by atoms with Crippen molar-refractivity contribution >= 4 is 23.4 Å². The van der Waals surface area contributed by atoms with Crippen LogP contribution in [0.3, 0.4) is 0 Å². The van der Waals surface area contributed by atoms with Crippen LogP contribution in [0.2, 0.25) is 5.02 Å².